The summed E-state index contributed by atoms with van der Waals surface area (Å²) in [6.07, 6.45) is 3.19. The van der Waals surface area contributed by atoms with E-state index in [1.807, 2.05) is 27.7 Å². The van der Waals surface area contributed by atoms with Crippen LogP contribution in [0.2, 0.25) is 0 Å². The molecule has 82 valence electrons. The topological polar surface area (TPSA) is 55.1 Å². The summed E-state index contributed by atoms with van der Waals surface area (Å²) < 4.78 is 5.30. The first-order valence-electron chi connectivity index (χ1n) is 4.86. The highest BCUT2D eigenvalue weighted by Crippen LogP contribution is 2.11. The van der Waals surface area contributed by atoms with E-state index in [4.69, 9.17) is 4.42 Å². The molecule has 0 aliphatic carbocycles. The van der Waals surface area contributed by atoms with Crippen LogP contribution in [0.3, 0.4) is 0 Å². The molecule has 1 rings (SSSR count). The first-order chi connectivity index (χ1) is 6.99. The Hall–Kier alpha value is -1.58. The monoisotopic (exact) mass is 208 g/mol. The number of rotatable bonds is 3. The number of aryl methyl sites for hydroxylation is 1. The average molecular weight is 208 g/mol. The molecule has 1 aromatic rings. The molecule has 0 radical (unpaired) electrons. The van der Waals surface area contributed by atoms with E-state index in [-0.39, 0.29) is 11.9 Å². The van der Waals surface area contributed by atoms with Crippen LogP contribution < -0.4 is 5.32 Å². The minimum Gasteiger partial charge on any atom is -0.444 e. The Morgan fingerprint density at radius 1 is 1.60 bits per heavy atom. The normalized spacial score (nSPS) is 12.0. The van der Waals surface area contributed by atoms with Gasteiger partial charge in [0.2, 0.25) is 11.8 Å². The summed E-state index contributed by atoms with van der Waals surface area (Å²) in [6.45, 7) is 7.40. The number of nitrogens with one attached hydrogen (secondary N) is 1. The number of allylic oxidation sites excluding steroid dienone is 1. The Morgan fingerprint density at radius 2 is 2.27 bits per heavy atom. The predicted molar refractivity (Wildman–Crippen MR) is 57.2 cm³/mol. The third-order valence-corrected chi connectivity index (χ3v) is 1.79. The number of carbonyl (C=O) groups excluding carboxylic acids is 1. The molecule has 0 aromatic carbocycles. The summed E-state index contributed by atoms with van der Waals surface area (Å²) >= 11 is 0. The molecule has 1 atom stereocenters. The summed E-state index contributed by atoms with van der Waals surface area (Å²) in [5.41, 5.74) is 0.961. The highest BCUT2D eigenvalue weighted by atomic mass is 16.4. The molecule has 15 heavy (non-hydrogen) atoms. The number of nitrogens with zero attached hydrogens (tertiary/aromatic N) is 1. The molecule has 1 unspecified atom stereocenters. The summed E-state index contributed by atoms with van der Waals surface area (Å²) in [4.78, 5) is 15.4. The van der Waals surface area contributed by atoms with Gasteiger partial charge in [-0.05, 0) is 27.7 Å². The highest BCUT2D eigenvalue weighted by molar-refractivity contribution is 5.88. The van der Waals surface area contributed by atoms with E-state index < -0.39 is 0 Å². The Balaban J connectivity index is 2.60. The van der Waals surface area contributed by atoms with Gasteiger partial charge >= 0.3 is 0 Å². The van der Waals surface area contributed by atoms with Crippen molar-refractivity contribution in [3.63, 3.8) is 0 Å². The van der Waals surface area contributed by atoms with Crippen molar-refractivity contribution in [2.75, 3.05) is 0 Å². The van der Waals surface area contributed by atoms with Crippen molar-refractivity contribution < 1.29 is 9.21 Å². The minimum absolute atomic E-state index is 0.127. The fourth-order valence-corrected chi connectivity index (χ4v) is 1.15. The number of amides is 1. The van der Waals surface area contributed by atoms with E-state index in [9.17, 15) is 4.79 Å². The predicted octanol–water partition coefficient (Wildman–Crippen LogP) is 2.13. The zero-order valence-electron chi connectivity index (χ0n) is 9.50. The fourth-order valence-electron chi connectivity index (χ4n) is 1.15. The maximum absolute atomic E-state index is 11.4. The van der Waals surface area contributed by atoms with Crippen molar-refractivity contribution in [1.29, 1.82) is 0 Å². The molecule has 0 aliphatic rings. The number of hydrogen-bond acceptors (Lipinski definition) is 3. The van der Waals surface area contributed by atoms with Crippen molar-refractivity contribution in [2.24, 2.45) is 0 Å². The molecule has 0 spiro atoms. The van der Waals surface area contributed by atoms with Crippen LogP contribution in [0.25, 0.3) is 0 Å². The molecule has 0 saturated carbocycles. The third kappa shape index (κ3) is 3.58. The van der Waals surface area contributed by atoms with Crippen molar-refractivity contribution in [3.8, 4) is 0 Å². The van der Waals surface area contributed by atoms with Crippen LogP contribution in [-0.4, -0.2) is 10.9 Å². The summed E-state index contributed by atoms with van der Waals surface area (Å²) in [6, 6.07) is -0.207. The van der Waals surface area contributed by atoms with Gasteiger partial charge in [0, 0.05) is 6.08 Å². The van der Waals surface area contributed by atoms with Gasteiger partial charge in [0.1, 0.15) is 11.8 Å². The standard InChI is InChI=1S/C11H16N2O2/c1-7(2)5-10(14)13-9(4)11-12-6-8(3)15-11/h5-6,9H,1-4H3,(H,13,14). The smallest absolute Gasteiger partial charge is 0.244 e. The highest BCUT2D eigenvalue weighted by Gasteiger charge is 2.12. The lowest BCUT2D eigenvalue weighted by atomic mass is 10.3. The largest absolute Gasteiger partial charge is 0.444 e. The Bertz CT molecular complexity index is 376. The van der Waals surface area contributed by atoms with Gasteiger partial charge in [-0.15, -0.1) is 0 Å². The van der Waals surface area contributed by atoms with Gasteiger partial charge in [-0.1, -0.05) is 5.57 Å². The Kier molecular flexibility index (Phi) is 3.66. The maximum Gasteiger partial charge on any atom is 0.244 e. The number of carbonyl (C=O) groups is 1. The molecule has 1 aromatic heterocycles. The second-order valence-electron chi connectivity index (χ2n) is 3.76. The number of oxazole rings is 1. The molecule has 4 heteroatoms. The lowest BCUT2D eigenvalue weighted by Crippen LogP contribution is -2.25. The maximum atomic E-state index is 11.4. The van der Waals surface area contributed by atoms with Crippen LogP contribution in [0.15, 0.2) is 22.3 Å². The van der Waals surface area contributed by atoms with Crippen molar-refractivity contribution >= 4 is 5.91 Å². The second-order valence-corrected chi connectivity index (χ2v) is 3.76. The average Bonchev–Trinajstić information content (AvgIpc) is 2.49. The SMILES string of the molecule is CC(C)=CC(=O)NC(C)c1ncc(C)o1. The first kappa shape index (κ1) is 11.5. The molecule has 1 amide bonds. The fraction of sp³-hybridized carbons (Fsp3) is 0.455. The summed E-state index contributed by atoms with van der Waals surface area (Å²) in [5, 5.41) is 2.77. The van der Waals surface area contributed by atoms with Gasteiger partial charge in [0.15, 0.2) is 0 Å². The number of aromatic nitrogens is 1. The van der Waals surface area contributed by atoms with E-state index in [1.165, 1.54) is 0 Å². The van der Waals surface area contributed by atoms with Crippen LogP contribution in [0.5, 0.6) is 0 Å². The first-order valence-corrected chi connectivity index (χ1v) is 4.86. The minimum atomic E-state index is -0.207. The molecule has 1 N–H and O–H groups in total. The van der Waals surface area contributed by atoms with Crippen LogP contribution >= 0.6 is 0 Å². The summed E-state index contributed by atoms with van der Waals surface area (Å²) in [5.74, 6) is 1.15. The van der Waals surface area contributed by atoms with E-state index in [0.29, 0.717) is 5.89 Å². The van der Waals surface area contributed by atoms with Crippen molar-refractivity contribution in [1.82, 2.24) is 10.3 Å². The van der Waals surface area contributed by atoms with Crippen LogP contribution in [-0.2, 0) is 4.79 Å². The molecular weight excluding hydrogens is 192 g/mol. The van der Waals surface area contributed by atoms with Gasteiger partial charge in [0.05, 0.1) is 6.20 Å². The molecule has 0 saturated heterocycles. The lowest BCUT2D eigenvalue weighted by Gasteiger charge is -2.08. The van der Waals surface area contributed by atoms with Gasteiger partial charge < -0.3 is 9.73 Å². The lowest BCUT2D eigenvalue weighted by molar-refractivity contribution is -0.117. The van der Waals surface area contributed by atoms with Gasteiger partial charge in [-0.2, -0.15) is 0 Å². The molecule has 1 heterocycles. The third-order valence-electron chi connectivity index (χ3n) is 1.79. The zero-order valence-corrected chi connectivity index (χ0v) is 9.50. The Labute approximate surface area is 89.4 Å². The van der Waals surface area contributed by atoms with Crippen LogP contribution in [0.4, 0.5) is 0 Å². The molecule has 0 fully saturated rings. The van der Waals surface area contributed by atoms with E-state index in [2.05, 4.69) is 10.3 Å². The number of hydrogen-bond donors (Lipinski definition) is 1. The quantitative estimate of drug-likeness (QED) is 0.774. The van der Waals surface area contributed by atoms with Crippen LogP contribution in [0.1, 0.15) is 38.5 Å². The van der Waals surface area contributed by atoms with E-state index in [0.717, 1.165) is 11.3 Å². The van der Waals surface area contributed by atoms with Crippen molar-refractivity contribution in [2.45, 2.75) is 33.7 Å². The molecule has 4 nitrogen and oxygen atoms in total. The van der Waals surface area contributed by atoms with E-state index >= 15 is 0 Å². The molecular formula is C11H16N2O2. The van der Waals surface area contributed by atoms with E-state index in [1.54, 1.807) is 12.3 Å². The van der Waals surface area contributed by atoms with Crippen LogP contribution in [0, 0.1) is 6.92 Å². The van der Waals surface area contributed by atoms with Gasteiger partial charge in [0.25, 0.3) is 0 Å². The molecule has 0 aliphatic heterocycles. The van der Waals surface area contributed by atoms with Gasteiger partial charge in [-0.3, -0.25) is 4.79 Å². The van der Waals surface area contributed by atoms with Gasteiger partial charge in [-0.25, -0.2) is 4.98 Å². The second kappa shape index (κ2) is 4.77. The summed E-state index contributed by atoms with van der Waals surface area (Å²) in [7, 11) is 0. The molecule has 0 bridgehead atoms. The zero-order chi connectivity index (χ0) is 11.4. The van der Waals surface area contributed by atoms with Crippen molar-refractivity contribution in [3.05, 3.63) is 29.5 Å². The Morgan fingerprint density at radius 3 is 2.73 bits per heavy atom.